The molecule has 1 aliphatic heterocycles. The lowest BCUT2D eigenvalue weighted by Gasteiger charge is -2.35. The lowest BCUT2D eigenvalue weighted by Crippen LogP contribution is -2.44. The minimum Gasteiger partial charge on any atom is -0.380 e. The number of amides is 1. The van der Waals surface area contributed by atoms with Crippen LogP contribution in [0.25, 0.3) is 0 Å². The van der Waals surface area contributed by atoms with Gasteiger partial charge in [-0.1, -0.05) is 12.1 Å². The Morgan fingerprint density at radius 3 is 2.83 bits per heavy atom. The van der Waals surface area contributed by atoms with Crippen molar-refractivity contribution >= 4 is 5.91 Å². The van der Waals surface area contributed by atoms with E-state index in [4.69, 9.17) is 15.2 Å². The third-order valence-corrected chi connectivity index (χ3v) is 4.22. The molecule has 2 rings (SSSR count). The Hall–Kier alpha value is -1.54. The van der Waals surface area contributed by atoms with E-state index in [0.29, 0.717) is 26.3 Å². The molecule has 0 aliphatic carbocycles. The standard InChI is InChI=1S/C17H26FN3O3/c1-23-15(11-19)10-17(22)20-12-16(21-5-7-24-8-6-21)13-3-2-4-14(18)9-13/h2-4,9,15-16H,5-8,10-12,19H2,1H3,(H,20,22). The summed E-state index contributed by atoms with van der Waals surface area (Å²) in [7, 11) is 1.54. The first-order chi connectivity index (χ1) is 11.6. The summed E-state index contributed by atoms with van der Waals surface area (Å²) in [6.45, 7) is 3.47. The van der Waals surface area contributed by atoms with Gasteiger partial charge < -0.3 is 20.5 Å². The van der Waals surface area contributed by atoms with Crippen LogP contribution in [-0.2, 0) is 14.3 Å². The molecule has 1 amide bonds. The fourth-order valence-electron chi connectivity index (χ4n) is 2.81. The smallest absolute Gasteiger partial charge is 0.222 e. The molecule has 24 heavy (non-hydrogen) atoms. The number of ether oxygens (including phenoxy) is 2. The summed E-state index contributed by atoms with van der Waals surface area (Å²) in [5, 5.41) is 2.92. The van der Waals surface area contributed by atoms with Crippen LogP contribution in [0.2, 0.25) is 0 Å². The maximum absolute atomic E-state index is 13.6. The van der Waals surface area contributed by atoms with Crippen LogP contribution in [0.1, 0.15) is 18.0 Å². The van der Waals surface area contributed by atoms with E-state index < -0.39 is 0 Å². The van der Waals surface area contributed by atoms with Crippen molar-refractivity contribution in [3.8, 4) is 0 Å². The number of nitrogens with one attached hydrogen (secondary N) is 1. The highest BCUT2D eigenvalue weighted by atomic mass is 19.1. The Bertz CT molecular complexity index is 520. The highest BCUT2D eigenvalue weighted by Crippen LogP contribution is 2.22. The molecule has 0 spiro atoms. The Kier molecular flexibility index (Phi) is 7.58. The summed E-state index contributed by atoms with van der Waals surface area (Å²) >= 11 is 0. The lowest BCUT2D eigenvalue weighted by molar-refractivity contribution is -0.123. The summed E-state index contributed by atoms with van der Waals surface area (Å²) in [4.78, 5) is 14.3. The number of rotatable bonds is 8. The third kappa shape index (κ3) is 5.52. The van der Waals surface area contributed by atoms with Crippen molar-refractivity contribution in [3.63, 3.8) is 0 Å². The molecule has 2 atom stereocenters. The number of nitrogens with two attached hydrogens (primary N) is 1. The van der Waals surface area contributed by atoms with Gasteiger partial charge in [0.1, 0.15) is 5.82 Å². The largest absolute Gasteiger partial charge is 0.380 e. The molecule has 1 heterocycles. The fourth-order valence-corrected chi connectivity index (χ4v) is 2.81. The minimum absolute atomic E-state index is 0.0904. The van der Waals surface area contributed by atoms with Crippen molar-refractivity contribution in [1.82, 2.24) is 10.2 Å². The summed E-state index contributed by atoms with van der Waals surface area (Å²) in [6.07, 6.45) is -0.0765. The highest BCUT2D eigenvalue weighted by Gasteiger charge is 2.24. The van der Waals surface area contributed by atoms with E-state index in [1.54, 1.807) is 6.07 Å². The van der Waals surface area contributed by atoms with Gasteiger partial charge in [0.05, 0.1) is 31.8 Å². The van der Waals surface area contributed by atoms with Crippen LogP contribution in [0.3, 0.4) is 0 Å². The molecule has 134 valence electrons. The van der Waals surface area contributed by atoms with Crippen LogP contribution in [-0.4, -0.2) is 63.4 Å². The van der Waals surface area contributed by atoms with Gasteiger partial charge in [-0.15, -0.1) is 0 Å². The second-order valence-electron chi connectivity index (χ2n) is 5.82. The van der Waals surface area contributed by atoms with Gasteiger partial charge in [0.25, 0.3) is 0 Å². The normalized spacial score (nSPS) is 18.1. The zero-order chi connectivity index (χ0) is 17.4. The van der Waals surface area contributed by atoms with Crippen molar-refractivity contribution in [2.45, 2.75) is 18.6 Å². The van der Waals surface area contributed by atoms with E-state index in [0.717, 1.165) is 18.7 Å². The van der Waals surface area contributed by atoms with Gasteiger partial charge in [0.2, 0.25) is 5.91 Å². The first kappa shape index (κ1) is 18.8. The molecule has 7 heteroatoms. The SMILES string of the molecule is COC(CN)CC(=O)NCC(c1cccc(F)c1)N1CCOCC1. The van der Waals surface area contributed by atoms with Crippen molar-refractivity contribution < 1.29 is 18.7 Å². The average molecular weight is 339 g/mol. The van der Waals surface area contributed by atoms with Gasteiger partial charge in [-0.2, -0.15) is 0 Å². The average Bonchev–Trinajstić information content (AvgIpc) is 2.61. The fraction of sp³-hybridized carbons (Fsp3) is 0.588. The summed E-state index contributed by atoms with van der Waals surface area (Å²) in [5.74, 6) is -0.401. The maximum Gasteiger partial charge on any atom is 0.222 e. The number of morpholine rings is 1. The molecule has 0 radical (unpaired) electrons. The predicted molar refractivity (Wildman–Crippen MR) is 89.0 cm³/mol. The quantitative estimate of drug-likeness (QED) is 0.728. The molecule has 1 fully saturated rings. The zero-order valence-corrected chi connectivity index (χ0v) is 14.0. The van der Waals surface area contributed by atoms with Crippen LogP contribution in [0, 0.1) is 5.82 Å². The molecule has 2 unspecified atom stereocenters. The molecule has 1 saturated heterocycles. The molecule has 1 aromatic rings. The van der Waals surface area contributed by atoms with Gasteiger partial charge in [-0.3, -0.25) is 9.69 Å². The van der Waals surface area contributed by atoms with Crippen LogP contribution in [0.4, 0.5) is 4.39 Å². The minimum atomic E-state index is -0.291. The number of carbonyl (C=O) groups excluding carboxylic acids is 1. The number of halogens is 1. The number of benzene rings is 1. The van der Waals surface area contributed by atoms with Gasteiger partial charge in [-0.05, 0) is 17.7 Å². The molecule has 0 aromatic heterocycles. The van der Waals surface area contributed by atoms with Gasteiger partial charge in [0, 0.05) is 33.3 Å². The van der Waals surface area contributed by atoms with Crippen LogP contribution < -0.4 is 11.1 Å². The van der Waals surface area contributed by atoms with E-state index in [1.165, 1.54) is 19.2 Å². The topological polar surface area (TPSA) is 76.8 Å². The Morgan fingerprint density at radius 1 is 1.46 bits per heavy atom. The van der Waals surface area contributed by atoms with E-state index in [2.05, 4.69) is 10.2 Å². The Labute approximate surface area is 142 Å². The van der Waals surface area contributed by atoms with Crippen molar-refractivity contribution in [1.29, 1.82) is 0 Å². The van der Waals surface area contributed by atoms with Gasteiger partial charge in [0.15, 0.2) is 0 Å². The van der Waals surface area contributed by atoms with Crippen LogP contribution >= 0.6 is 0 Å². The number of carbonyl (C=O) groups is 1. The third-order valence-electron chi connectivity index (χ3n) is 4.22. The second kappa shape index (κ2) is 9.68. The Balaban J connectivity index is 2.01. The summed E-state index contributed by atoms with van der Waals surface area (Å²) in [6, 6.07) is 6.42. The first-order valence-corrected chi connectivity index (χ1v) is 8.21. The maximum atomic E-state index is 13.6. The molecule has 1 aromatic carbocycles. The summed E-state index contributed by atoms with van der Waals surface area (Å²) in [5.41, 5.74) is 6.39. The first-order valence-electron chi connectivity index (χ1n) is 8.21. The molecule has 3 N–H and O–H groups in total. The van der Waals surface area contributed by atoms with Crippen molar-refractivity contribution in [3.05, 3.63) is 35.6 Å². The van der Waals surface area contributed by atoms with E-state index in [1.807, 2.05) is 6.07 Å². The van der Waals surface area contributed by atoms with Crippen molar-refractivity contribution in [2.75, 3.05) is 46.5 Å². The molecule has 1 aliphatic rings. The number of hydrogen-bond acceptors (Lipinski definition) is 5. The number of nitrogens with zero attached hydrogens (tertiary/aromatic N) is 1. The second-order valence-corrected chi connectivity index (χ2v) is 5.82. The summed E-state index contributed by atoms with van der Waals surface area (Å²) < 4.78 is 24.1. The molecule has 0 bridgehead atoms. The van der Waals surface area contributed by atoms with E-state index in [9.17, 15) is 9.18 Å². The number of methoxy groups -OCH3 is 1. The monoisotopic (exact) mass is 339 g/mol. The van der Waals surface area contributed by atoms with E-state index >= 15 is 0 Å². The Morgan fingerprint density at radius 2 is 2.21 bits per heavy atom. The molecular formula is C17H26FN3O3. The lowest BCUT2D eigenvalue weighted by atomic mass is 10.0. The van der Waals surface area contributed by atoms with Gasteiger partial charge >= 0.3 is 0 Å². The number of hydrogen-bond donors (Lipinski definition) is 2. The van der Waals surface area contributed by atoms with Crippen molar-refractivity contribution in [2.24, 2.45) is 5.73 Å². The zero-order valence-electron chi connectivity index (χ0n) is 14.0. The van der Waals surface area contributed by atoms with Gasteiger partial charge in [-0.25, -0.2) is 4.39 Å². The highest BCUT2D eigenvalue weighted by molar-refractivity contribution is 5.76. The van der Waals surface area contributed by atoms with Crippen LogP contribution in [0.5, 0.6) is 0 Å². The molecular weight excluding hydrogens is 313 g/mol. The molecule has 0 saturated carbocycles. The molecule has 6 nitrogen and oxygen atoms in total. The predicted octanol–water partition coefficient (Wildman–Crippen LogP) is 0.679. The van der Waals surface area contributed by atoms with Crippen LogP contribution in [0.15, 0.2) is 24.3 Å². The van der Waals surface area contributed by atoms with E-state index in [-0.39, 0.29) is 30.3 Å².